The monoisotopic (exact) mass is 342 g/mol. The summed E-state index contributed by atoms with van der Waals surface area (Å²) in [5, 5.41) is 3.08. The van der Waals surface area contributed by atoms with Gasteiger partial charge in [-0.1, -0.05) is 29.8 Å². The zero-order valence-electron chi connectivity index (χ0n) is 12.7. The number of rotatable bonds is 6. The lowest BCUT2D eigenvalue weighted by atomic mass is 10.0. The van der Waals surface area contributed by atoms with Crippen molar-refractivity contribution in [3.05, 3.63) is 28.2 Å². The lowest BCUT2D eigenvalue weighted by Gasteiger charge is -2.26. The van der Waals surface area contributed by atoms with E-state index in [9.17, 15) is 4.79 Å². The standard InChI is InChI=1S/C15H23BrN2O2/c1-10(2)13(9-18(3)4)17-15(19)12-7-6-11(16)8-14(12)20-5/h6-8,10,13H,9H2,1-5H3,(H,17,19). The molecule has 1 aromatic carbocycles. The molecular formula is C15H23BrN2O2. The molecule has 1 N–H and O–H groups in total. The molecule has 0 heterocycles. The molecule has 1 atom stereocenters. The summed E-state index contributed by atoms with van der Waals surface area (Å²) in [7, 11) is 5.57. The van der Waals surface area contributed by atoms with Crippen LogP contribution in [0.3, 0.4) is 0 Å². The van der Waals surface area contributed by atoms with Crippen molar-refractivity contribution in [1.82, 2.24) is 10.2 Å². The number of carbonyl (C=O) groups is 1. The van der Waals surface area contributed by atoms with Crippen molar-refractivity contribution in [2.75, 3.05) is 27.7 Å². The molecule has 0 aliphatic rings. The summed E-state index contributed by atoms with van der Waals surface area (Å²) in [5.41, 5.74) is 0.556. The predicted octanol–water partition coefficient (Wildman–Crippen LogP) is 2.77. The molecule has 0 spiro atoms. The summed E-state index contributed by atoms with van der Waals surface area (Å²) >= 11 is 3.37. The van der Waals surface area contributed by atoms with Crippen LogP contribution in [-0.4, -0.2) is 44.6 Å². The van der Waals surface area contributed by atoms with Crippen LogP contribution in [0, 0.1) is 5.92 Å². The topological polar surface area (TPSA) is 41.6 Å². The highest BCUT2D eigenvalue weighted by atomic mass is 79.9. The van der Waals surface area contributed by atoms with Gasteiger partial charge in [-0.05, 0) is 38.2 Å². The minimum atomic E-state index is -0.102. The highest BCUT2D eigenvalue weighted by Gasteiger charge is 2.20. The first kappa shape index (κ1) is 17.0. The summed E-state index contributed by atoms with van der Waals surface area (Å²) in [6, 6.07) is 5.51. The molecule has 0 aromatic heterocycles. The fourth-order valence-electron chi connectivity index (χ4n) is 1.92. The second-order valence-electron chi connectivity index (χ2n) is 5.43. The van der Waals surface area contributed by atoms with Gasteiger partial charge in [-0.25, -0.2) is 0 Å². The third kappa shape index (κ3) is 4.80. The highest BCUT2D eigenvalue weighted by Crippen LogP contribution is 2.23. The molecule has 0 saturated carbocycles. The molecule has 112 valence electrons. The Labute approximate surface area is 129 Å². The van der Waals surface area contributed by atoms with Crippen LogP contribution in [0.4, 0.5) is 0 Å². The van der Waals surface area contributed by atoms with E-state index in [1.54, 1.807) is 19.2 Å². The molecule has 1 amide bonds. The first-order chi connectivity index (χ1) is 9.35. The predicted molar refractivity (Wildman–Crippen MR) is 85.3 cm³/mol. The third-order valence-electron chi connectivity index (χ3n) is 3.09. The second-order valence-corrected chi connectivity index (χ2v) is 6.35. The Bertz CT molecular complexity index is 461. The highest BCUT2D eigenvalue weighted by molar-refractivity contribution is 9.10. The van der Waals surface area contributed by atoms with Crippen molar-refractivity contribution in [1.29, 1.82) is 0 Å². The lowest BCUT2D eigenvalue weighted by Crippen LogP contribution is -2.45. The maximum Gasteiger partial charge on any atom is 0.255 e. The molecular weight excluding hydrogens is 320 g/mol. The minimum absolute atomic E-state index is 0.102. The SMILES string of the molecule is COc1cc(Br)ccc1C(=O)NC(CN(C)C)C(C)C. The van der Waals surface area contributed by atoms with E-state index >= 15 is 0 Å². The van der Waals surface area contributed by atoms with Gasteiger partial charge < -0.3 is 15.0 Å². The number of likely N-dealkylation sites (N-methyl/N-ethyl adjacent to an activating group) is 1. The van der Waals surface area contributed by atoms with Gasteiger partial charge in [0.1, 0.15) is 5.75 Å². The molecule has 1 unspecified atom stereocenters. The van der Waals surface area contributed by atoms with Gasteiger partial charge in [0.15, 0.2) is 0 Å². The van der Waals surface area contributed by atoms with Crippen LogP contribution in [0.25, 0.3) is 0 Å². The van der Waals surface area contributed by atoms with Gasteiger partial charge in [-0.3, -0.25) is 4.79 Å². The van der Waals surface area contributed by atoms with Crippen molar-refractivity contribution in [3.63, 3.8) is 0 Å². The first-order valence-electron chi connectivity index (χ1n) is 6.64. The average Bonchev–Trinajstić information content (AvgIpc) is 2.36. The van der Waals surface area contributed by atoms with Gasteiger partial charge in [0.05, 0.1) is 12.7 Å². The van der Waals surface area contributed by atoms with Crippen LogP contribution >= 0.6 is 15.9 Å². The Morgan fingerprint density at radius 1 is 1.40 bits per heavy atom. The lowest BCUT2D eigenvalue weighted by molar-refractivity contribution is 0.0913. The molecule has 1 aromatic rings. The van der Waals surface area contributed by atoms with Gasteiger partial charge in [0.2, 0.25) is 0 Å². The Morgan fingerprint density at radius 2 is 2.05 bits per heavy atom. The Balaban J connectivity index is 2.89. The van der Waals surface area contributed by atoms with Gasteiger partial charge in [-0.2, -0.15) is 0 Å². The Hall–Kier alpha value is -1.07. The molecule has 5 heteroatoms. The molecule has 0 aliphatic carbocycles. The van der Waals surface area contributed by atoms with E-state index in [1.807, 2.05) is 20.2 Å². The van der Waals surface area contributed by atoms with Crippen molar-refractivity contribution >= 4 is 21.8 Å². The Kier molecular flexibility index (Phi) is 6.49. The fourth-order valence-corrected chi connectivity index (χ4v) is 2.26. The summed E-state index contributed by atoms with van der Waals surface area (Å²) in [6.07, 6.45) is 0. The minimum Gasteiger partial charge on any atom is -0.496 e. The van der Waals surface area contributed by atoms with E-state index in [0.717, 1.165) is 11.0 Å². The van der Waals surface area contributed by atoms with E-state index in [1.165, 1.54) is 0 Å². The van der Waals surface area contributed by atoms with Crippen LogP contribution in [-0.2, 0) is 0 Å². The zero-order chi connectivity index (χ0) is 15.3. The van der Waals surface area contributed by atoms with Crippen molar-refractivity contribution in [2.24, 2.45) is 5.92 Å². The number of nitrogens with zero attached hydrogens (tertiary/aromatic N) is 1. The summed E-state index contributed by atoms with van der Waals surface area (Å²) in [4.78, 5) is 14.5. The van der Waals surface area contributed by atoms with E-state index in [2.05, 4.69) is 40.0 Å². The van der Waals surface area contributed by atoms with Crippen LogP contribution in [0.1, 0.15) is 24.2 Å². The second kappa shape index (κ2) is 7.64. The number of nitrogens with one attached hydrogen (secondary N) is 1. The van der Waals surface area contributed by atoms with E-state index in [-0.39, 0.29) is 11.9 Å². The number of hydrogen-bond acceptors (Lipinski definition) is 3. The van der Waals surface area contributed by atoms with Crippen molar-refractivity contribution in [3.8, 4) is 5.75 Å². The summed E-state index contributed by atoms with van der Waals surface area (Å²) in [6.45, 7) is 5.02. The summed E-state index contributed by atoms with van der Waals surface area (Å²) in [5.74, 6) is 0.835. The molecule has 1 rings (SSSR count). The van der Waals surface area contributed by atoms with Crippen molar-refractivity contribution in [2.45, 2.75) is 19.9 Å². The smallest absolute Gasteiger partial charge is 0.255 e. The third-order valence-corrected chi connectivity index (χ3v) is 3.58. The normalized spacial score (nSPS) is 12.6. The number of ether oxygens (including phenoxy) is 1. The van der Waals surface area contributed by atoms with Gasteiger partial charge in [-0.15, -0.1) is 0 Å². The zero-order valence-corrected chi connectivity index (χ0v) is 14.3. The van der Waals surface area contributed by atoms with E-state index < -0.39 is 0 Å². The average molecular weight is 343 g/mol. The number of benzene rings is 1. The van der Waals surface area contributed by atoms with E-state index in [0.29, 0.717) is 17.2 Å². The number of hydrogen-bond donors (Lipinski definition) is 1. The van der Waals surface area contributed by atoms with Crippen LogP contribution in [0.5, 0.6) is 5.75 Å². The van der Waals surface area contributed by atoms with Gasteiger partial charge in [0, 0.05) is 17.1 Å². The molecule has 0 fully saturated rings. The summed E-state index contributed by atoms with van der Waals surface area (Å²) < 4.78 is 6.16. The molecule has 0 aliphatic heterocycles. The van der Waals surface area contributed by atoms with E-state index in [4.69, 9.17) is 4.74 Å². The number of halogens is 1. The maximum absolute atomic E-state index is 12.4. The molecule has 4 nitrogen and oxygen atoms in total. The van der Waals surface area contributed by atoms with Gasteiger partial charge >= 0.3 is 0 Å². The first-order valence-corrected chi connectivity index (χ1v) is 7.43. The molecule has 0 saturated heterocycles. The molecule has 0 radical (unpaired) electrons. The number of carbonyl (C=O) groups excluding carboxylic acids is 1. The maximum atomic E-state index is 12.4. The largest absolute Gasteiger partial charge is 0.496 e. The van der Waals surface area contributed by atoms with Gasteiger partial charge in [0.25, 0.3) is 5.91 Å². The van der Waals surface area contributed by atoms with Crippen LogP contribution in [0.2, 0.25) is 0 Å². The Morgan fingerprint density at radius 3 is 2.55 bits per heavy atom. The van der Waals surface area contributed by atoms with Crippen LogP contribution < -0.4 is 10.1 Å². The fraction of sp³-hybridized carbons (Fsp3) is 0.533. The number of methoxy groups -OCH3 is 1. The quantitative estimate of drug-likeness (QED) is 0.864. The molecule has 0 bridgehead atoms. The molecule has 20 heavy (non-hydrogen) atoms. The van der Waals surface area contributed by atoms with Crippen LogP contribution in [0.15, 0.2) is 22.7 Å². The van der Waals surface area contributed by atoms with Crippen molar-refractivity contribution < 1.29 is 9.53 Å². The number of amides is 1.